The fourth-order valence-electron chi connectivity index (χ4n) is 1.83. The van der Waals surface area contributed by atoms with Crippen LogP contribution in [-0.4, -0.2) is 46.8 Å². The fourth-order valence-corrected chi connectivity index (χ4v) is 3.83. The molecule has 6 nitrogen and oxygen atoms in total. The Labute approximate surface area is 126 Å². The molecule has 20 heavy (non-hydrogen) atoms. The van der Waals surface area contributed by atoms with E-state index in [4.69, 9.17) is 0 Å². The Balaban J connectivity index is 2.93. The van der Waals surface area contributed by atoms with Crippen molar-refractivity contribution in [1.29, 1.82) is 0 Å². The predicted molar refractivity (Wildman–Crippen MR) is 78.1 cm³/mol. The molecule has 0 aliphatic carbocycles. The Hall–Kier alpha value is -1.15. The third kappa shape index (κ3) is 4.45. The number of thioether (sulfide) groups is 2. The van der Waals surface area contributed by atoms with E-state index < -0.39 is 17.4 Å². The summed E-state index contributed by atoms with van der Waals surface area (Å²) in [6, 6.07) is -0.761. The second kappa shape index (κ2) is 7.58. The van der Waals surface area contributed by atoms with Gasteiger partial charge in [-0.3, -0.25) is 9.59 Å². The van der Waals surface area contributed by atoms with Crippen LogP contribution in [0.4, 0.5) is 0 Å². The second-order valence-corrected chi connectivity index (χ2v) is 6.36. The van der Waals surface area contributed by atoms with Crippen LogP contribution in [-0.2, 0) is 14.4 Å². The summed E-state index contributed by atoms with van der Waals surface area (Å²) in [6.45, 7) is 2.68. The molecule has 0 bridgehead atoms. The van der Waals surface area contributed by atoms with Crippen molar-refractivity contribution in [1.82, 2.24) is 10.6 Å². The maximum Gasteiger partial charge on any atom is 0.217 e. The van der Waals surface area contributed by atoms with Gasteiger partial charge in [0.1, 0.15) is 11.4 Å². The quantitative estimate of drug-likeness (QED) is 0.656. The zero-order valence-corrected chi connectivity index (χ0v) is 13.2. The van der Waals surface area contributed by atoms with Gasteiger partial charge in [0, 0.05) is 18.4 Å². The molecular formula is C12H17N2O4S2-. The van der Waals surface area contributed by atoms with E-state index in [1.54, 1.807) is 0 Å². The van der Waals surface area contributed by atoms with E-state index >= 15 is 0 Å². The summed E-state index contributed by atoms with van der Waals surface area (Å²) in [4.78, 5) is 33.9. The molecule has 0 saturated heterocycles. The average Bonchev–Trinajstić information content (AvgIpc) is 2.36. The smallest absolute Gasteiger partial charge is 0.217 e. The molecule has 0 radical (unpaired) electrons. The molecule has 1 aliphatic rings. The van der Waals surface area contributed by atoms with Gasteiger partial charge in [-0.2, -0.15) is 11.8 Å². The average molecular weight is 317 g/mol. The van der Waals surface area contributed by atoms with E-state index in [0.29, 0.717) is 11.5 Å². The van der Waals surface area contributed by atoms with Gasteiger partial charge in [-0.15, -0.1) is 11.8 Å². The molecule has 0 spiro atoms. The molecule has 0 saturated carbocycles. The lowest BCUT2D eigenvalue weighted by Gasteiger charge is -2.33. The van der Waals surface area contributed by atoms with Crippen molar-refractivity contribution >= 4 is 41.2 Å². The summed E-state index contributed by atoms with van der Waals surface area (Å²) < 4.78 is 0. The summed E-state index contributed by atoms with van der Waals surface area (Å²) in [5.41, 5.74) is 0.767. The van der Waals surface area contributed by atoms with E-state index in [1.807, 2.05) is 6.26 Å². The molecule has 0 aromatic heterocycles. The largest absolute Gasteiger partial charge is 0.543 e. The molecule has 1 amide bonds. The third-order valence-electron chi connectivity index (χ3n) is 2.70. The highest BCUT2D eigenvalue weighted by atomic mass is 32.2. The molecular weight excluding hydrogens is 300 g/mol. The molecule has 1 aliphatic heterocycles. The van der Waals surface area contributed by atoms with E-state index in [1.165, 1.54) is 37.4 Å². The van der Waals surface area contributed by atoms with Gasteiger partial charge in [-0.1, -0.05) is 0 Å². The summed E-state index contributed by atoms with van der Waals surface area (Å²) >= 11 is 2.92. The number of carbonyl (C=O) groups is 3. The van der Waals surface area contributed by atoms with Crippen molar-refractivity contribution in [2.45, 2.75) is 25.3 Å². The number of hydrogen-bond donors (Lipinski definition) is 2. The highest BCUT2D eigenvalue weighted by molar-refractivity contribution is 8.00. The zero-order valence-electron chi connectivity index (χ0n) is 11.5. The first-order valence-electron chi connectivity index (χ1n) is 5.94. The first-order valence-corrected chi connectivity index (χ1v) is 8.39. The highest BCUT2D eigenvalue weighted by Gasteiger charge is 2.31. The lowest BCUT2D eigenvalue weighted by Crippen LogP contribution is -2.54. The van der Waals surface area contributed by atoms with Crippen LogP contribution < -0.4 is 15.7 Å². The molecule has 0 fully saturated rings. The van der Waals surface area contributed by atoms with Gasteiger partial charge in [0.2, 0.25) is 5.91 Å². The molecule has 112 valence electrons. The van der Waals surface area contributed by atoms with Gasteiger partial charge in [0.05, 0.1) is 11.7 Å². The van der Waals surface area contributed by atoms with Crippen LogP contribution in [0, 0.1) is 0 Å². The lowest BCUT2D eigenvalue weighted by molar-refractivity contribution is -0.300. The monoisotopic (exact) mass is 317 g/mol. The minimum absolute atomic E-state index is 0.0275. The lowest BCUT2D eigenvalue weighted by atomic mass is 10.1. The number of carboxylic acids is 1. The van der Waals surface area contributed by atoms with Crippen LogP contribution >= 0.6 is 23.5 Å². The molecule has 2 atom stereocenters. The Morgan fingerprint density at radius 1 is 1.50 bits per heavy atom. The molecule has 0 aromatic rings. The highest BCUT2D eigenvalue weighted by Crippen LogP contribution is 2.26. The van der Waals surface area contributed by atoms with Gasteiger partial charge in [-0.05, 0) is 18.8 Å². The number of amides is 1. The van der Waals surface area contributed by atoms with Crippen molar-refractivity contribution in [3.05, 3.63) is 11.3 Å². The Morgan fingerprint density at radius 2 is 2.15 bits per heavy atom. The number of ketones is 1. The summed E-state index contributed by atoms with van der Waals surface area (Å²) in [6.07, 6.45) is 1.88. The Morgan fingerprint density at radius 3 is 2.60 bits per heavy atom. The number of nitrogens with one attached hydrogen (secondary N) is 2. The molecule has 2 unspecified atom stereocenters. The number of hydrogen-bond acceptors (Lipinski definition) is 7. The maximum atomic E-state index is 11.6. The number of carbonyl (C=O) groups excluding carboxylic acids is 3. The van der Waals surface area contributed by atoms with E-state index in [0.717, 1.165) is 5.57 Å². The van der Waals surface area contributed by atoms with Gasteiger partial charge in [-0.25, -0.2) is 0 Å². The molecule has 0 aromatic carbocycles. The van der Waals surface area contributed by atoms with Crippen LogP contribution in [0.1, 0.15) is 13.8 Å². The summed E-state index contributed by atoms with van der Waals surface area (Å²) in [5, 5.41) is 16.0. The first-order chi connectivity index (χ1) is 9.36. The van der Waals surface area contributed by atoms with E-state index in [9.17, 15) is 19.5 Å². The second-order valence-electron chi connectivity index (χ2n) is 4.36. The zero-order chi connectivity index (χ0) is 15.3. The Kier molecular flexibility index (Phi) is 6.41. The fraction of sp³-hybridized carbons (Fsp3) is 0.583. The minimum atomic E-state index is -1.29. The van der Waals surface area contributed by atoms with Crippen molar-refractivity contribution in [3.8, 4) is 0 Å². The SMILES string of the molecule is CSCC1=C(C(=O)[O-])NC(C(NC(C)=O)C(C)=O)SC1. The van der Waals surface area contributed by atoms with Crippen molar-refractivity contribution < 1.29 is 19.5 Å². The number of aliphatic carboxylic acids is 1. The van der Waals surface area contributed by atoms with Crippen molar-refractivity contribution in [2.75, 3.05) is 17.8 Å². The van der Waals surface area contributed by atoms with Gasteiger partial charge >= 0.3 is 0 Å². The molecule has 2 N–H and O–H groups in total. The van der Waals surface area contributed by atoms with Crippen LogP contribution in [0.25, 0.3) is 0 Å². The summed E-state index contributed by atoms with van der Waals surface area (Å²) in [7, 11) is 0. The topological polar surface area (TPSA) is 98.3 Å². The molecule has 1 rings (SSSR count). The third-order valence-corrected chi connectivity index (χ3v) is 4.60. The maximum absolute atomic E-state index is 11.6. The van der Waals surface area contributed by atoms with Crippen LogP contribution in [0.2, 0.25) is 0 Å². The van der Waals surface area contributed by atoms with Crippen LogP contribution in [0.15, 0.2) is 11.3 Å². The standard InChI is InChI=1S/C12H18N2O4S2/c1-6(15)9(13-7(2)16)11-14-10(12(17)18)8(4-19-3)5-20-11/h9,11,14H,4-5H2,1-3H3,(H,13,16)(H,17,18)/p-1. The minimum Gasteiger partial charge on any atom is -0.543 e. The first kappa shape index (κ1) is 16.9. The van der Waals surface area contributed by atoms with E-state index in [-0.39, 0.29) is 17.4 Å². The van der Waals surface area contributed by atoms with Gasteiger partial charge in [0.25, 0.3) is 0 Å². The van der Waals surface area contributed by atoms with Gasteiger partial charge < -0.3 is 20.5 Å². The summed E-state index contributed by atoms with van der Waals surface area (Å²) in [5.74, 6) is -0.770. The van der Waals surface area contributed by atoms with Crippen molar-refractivity contribution in [2.24, 2.45) is 0 Å². The number of Topliss-reactive ketones (excluding diaryl/α,β-unsaturated/α-hetero) is 1. The Bertz CT molecular complexity index is 451. The van der Waals surface area contributed by atoms with Crippen LogP contribution in [0.3, 0.4) is 0 Å². The molecule has 8 heteroatoms. The van der Waals surface area contributed by atoms with Gasteiger partial charge in [0.15, 0.2) is 5.78 Å². The number of carboxylic acid groups (broad SMARTS) is 1. The predicted octanol–water partition coefficient (Wildman–Crippen LogP) is -0.890. The van der Waals surface area contributed by atoms with E-state index in [2.05, 4.69) is 10.6 Å². The molecule has 1 heterocycles. The van der Waals surface area contributed by atoms with Crippen LogP contribution in [0.5, 0.6) is 0 Å². The number of rotatable bonds is 6. The normalized spacial score (nSPS) is 20.1. The van der Waals surface area contributed by atoms with Crippen molar-refractivity contribution in [3.63, 3.8) is 0 Å².